The number of phenolic OH excluding ortho intramolecular Hbond substituents is 1. The fraction of sp³-hybridized carbons (Fsp3) is 0.222. The Kier molecular flexibility index (Phi) is 5.42. The second-order valence-electron chi connectivity index (χ2n) is 5.23. The van der Waals surface area contributed by atoms with E-state index in [2.05, 4.69) is 10.5 Å². The van der Waals surface area contributed by atoms with Gasteiger partial charge in [0, 0.05) is 17.7 Å². The highest BCUT2D eigenvalue weighted by molar-refractivity contribution is 6.05. The number of benzene rings is 2. The van der Waals surface area contributed by atoms with Gasteiger partial charge in [-0.25, -0.2) is 5.43 Å². The summed E-state index contributed by atoms with van der Waals surface area (Å²) < 4.78 is 10.3. The van der Waals surface area contributed by atoms with Crippen molar-refractivity contribution in [3.05, 3.63) is 53.1 Å². The molecule has 2 aromatic rings. The highest BCUT2D eigenvalue weighted by Gasteiger charge is 2.15. The van der Waals surface area contributed by atoms with Crippen LogP contribution in [-0.2, 0) is 0 Å². The summed E-state index contributed by atoms with van der Waals surface area (Å²) in [6, 6.07) is 10.2. The lowest BCUT2D eigenvalue weighted by molar-refractivity contribution is 0.0955. The number of hydrazone groups is 1. The van der Waals surface area contributed by atoms with Crippen molar-refractivity contribution >= 4 is 11.6 Å². The minimum absolute atomic E-state index is 0.0444. The van der Waals surface area contributed by atoms with E-state index in [9.17, 15) is 9.90 Å². The molecule has 2 rings (SSSR count). The van der Waals surface area contributed by atoms with Crippen LogP contribution in [0.3, 0.4) is 0 Å². The fourth-order valence-corrected chi connectivity index (χ4v) is 2.18. The number of phenols is 1. The van der Waals surface area contributed by atoms with Crippen LogP contribution >= 0.6 is 0 Å². The van der Waals surface area contributed by atoms with Crippen LogP contribution in [-0.4, -0.2) is 30.9 Å². The van der Waals surface area contributed by atoms with Gasteiger partial charge in [0.25, 0.3) is 5.91 Å². The molecule has 0 fully saturated rings. The van der Waals surface area contributed by atoms with E-state index in [4.69, 9.17) is 9.47 Å². The SMILES string of the molecule is COc1cc(O)c(C(C)=NNC(=O)c2ccc(C)cc2)c(OC)c1. The predicted octanol–water partition coefficient (Wildman–Crippen LogP) is 2.87. The third kappa shape index (κ3) is 3.84. The Morgan fingerprint density at radius 3 is 2.38 bits per heavy atom. The zero-order valence-corrected chi connectivity index (χ0v) is 14.1. The van der Waals surface area contributed by atoms with Gasteiger partial charge >= 0.3 is 0 Å². The van der Waals surface area contributed by atoms with Crippen LogP contribution in [0, 0.1) is 6.92 Å². The molecule has 0 atom stereocenters. The largest absolute Gasteiger partial charge is 0.507 e. The monoisotopic (exact) mass is 328 g/mol. The Bertz CT molecular complexity index is 767. The standard InChI is InChI=1S/C18H20N2O4/c1-11-5-7-13(8-6-11)18(22)20-19-12(2)17-15(21)9-14(23-3)10-16(17)24-4/h5-10,21H,1-4H3,(H,20,22). The van der Waals surface area contributed by atoms with E-state index < -0.39 is 0 Å². The summed E-state index contributed by atoms with van der Waals surface area (Å²) in [5, 5.41) is 14.2. The molecule has 0 spiro atoms. The molecule has 0 saturated heterocycles. The van der Waals surface area contributed by atoms with Gasteiger partial charge in [-0.2, -0.15) is 5.10 Å². The summed E-state index contributed by atoms with van der Waals surface area (Å²) in [4.78, 5) is 12.1. The summed E-state index contributed by atoms with van der Waals surface area (Å²) >= 11 is 0. The smallest absolute Gasteiger partial charge is 0.271 e. The second kappa shape index (κ2) is 7.50. The number of amides is 1. The van der Waals surface area contributed by atoms with Crippen LogP contribution in [0.2, 0.25) is 0 Å². The Balaban J connectivity index is 2.24. The minimum atomic E-state index is -0.332. The number of rotatable bonds is 5. The van der Waals surface area contributed by atoms with Gasteiger partial charge in [0.2, 0.25) is 0 Å². The molecule has 24 heavy (non-hydrogen) atoms. The number of aryl methyl sites for hydroxylation is 1. The number of nitrogens with zero attached hydrogens (tertiary/aromatic N) is 1. The van der Waals surface area contributed by atoms with Crippen LogP contribution in [0.15, 0.2) is 41.5 Å². The van der Waals surface area contributed by atoms with E-state index >= 15 is 0 Å². The number of hydrogen-bond acceptors (Lipinski definition) is 5. The Morgan fingerprint density at radius 2 is 1.79 bits per heavy atom. The summed E-state index contributed by atoms with van der Waals surface area (Å²) in [5.74, 6) is 0.487. The highest BCUT2D eigenvalue weighted by atomic mass is 16.5. The van der Waals surface area contributed by atoms with Crippen molar-refractivity contribution in [1.29, 1.82) is 0 Å². The molecule has 0 heterocycles. The lowest BCUT2D eigenvalue weighted by Gasteiger charge is -2.12. The van der Waals surface area contributed by atoms with Gasteiger partial charge in [0.15, 0.2) is 0 Å². The Hall–Kier alpha value is -3.02. The molecule has 2 N–H and O–H groups in total. The van der Waals surface area contributed by atoms with E-state index in [0.29, 0.717) is 28.3 Å². The zero-order chi connectivity index (χ0) is 17.7. The number of nitrogens with one attached hydrogen (secondary N) is 1. The van der Waals surface area contributed by atoms with Crippen molar-refractivity contribution in [2.45, 2.75) is 13.8 Å². The number of carbonyl (C=O) groups excluding carboxylic acids is 1. The van der Waals surface area contributed by atoms with Crippen LogP contribution in [0.25, 0.3) is 0 Å². The van der Waals surface area contributed by atoms with Crippen molar-refractivity contribution in [2.24, 2.45) is 5.10 Å². The molecule has 0 saturated carbocycles. The molecule has 0 aliphatic rings. The van der Waals surface area contributed by atoms with E-state index in [1.54, 1.807) is 25.1 Å². The molecule has 0 unspecified atom stereocenters. The maximum absolute atomic E-state index is 12.1. The first-order valence-corrected chi connectivity index (χ1v) is 7.33. The molecule has 0 aliphatic heterocycles. The molecule has 6 heteroatoms. The topological polar surface area (TPSA) is 80.2 Å². The molecule has 0 bridgehead atoms. The molecule has 0 aromatic heterocycles. The maximum atomic E-state index is 12.1. The first-order valence-electron chi connectivity index (χ1n) is 7.33. The summed E-state index contributed by atoms with van der Waals surface area (Å²) in [6.07, 6.45) is 0. The van der Waals surface area contributed by atoms with Crippen LogP contribution in [0.5, 0.6) is 17.2 Å². The van der Waals surface area contributed by atoms with Gasteiger partial charge in [-0.05, 0) is 26.0 Å². The van der Waals surface area contributed by atoms with E-state index in [0.717, 1.165) is 5.56 Å². The highest BCUT2D eigenvalue weighted by Crippen LogP contribution is 2.33. The molecule has 126 valence electrons. The molecule has 1 amide bonds. The molecular weight excluding hydrogens is 308 g/mol. The fourth-order valence-electron chi connectivity index (χ4n) is 2.18. The van der Waals surface area contributed by atoms with Crippen molar-refractivity contribution in [3.63, 3.8) is 0 Å². The molecule has 6 nitrogen and oxygen atoms in total. The summed E-state index contributed by atoms with van der Waals surface area (Å²) in [5.41, 5.74) is 4.85. The Labute approximate surface area is 140 Å². The average Bonchev–Trinajstić information content (AvgIpc) is 2.59. The zero-order valence-electron chi connectivity index (χ0n) is 14.1. The Morgan fingerprint density at radius 1 is 1.12 bits per heavy atom. The lowest BCUT2D eigenvalue weighted by Crippen LogP contribution is -2.19. The van der Waals surface area contributed by atoms with E-state index in [-0.39, 0.29) is 11.7 Å². The maximum Gasteiger partial charge on any atom is 0.271 e. The van der Waals surface area contributed by atoms with Crippen LogP contribution in [0.1, 0.15) is 28.4 Å². The first kappa shape index (κ1) is 17.3. The first-order chi connectivity index (χ1) is 11.5. The third-order valence-electron chi connectivity index (χ3n) is 3.51. The number of hydrogen-bond donors (Lipinski definition) is 2. The third-order valence-corrected chi connectivity index (χ3v) is 3.51. The van der Waals surface area contributed by atoms with Gasteiger partial charge in [-0.1, -0.05) is 17.7 Å². The van der Waals surface area contributed by atoms with Crippen LogP contribution in [0.4, 0.5) is 0 Å². The number of methoxy groups -OCH3 is 2. The molecule has 2 aromatic carbocycles. The summed E-state index contributed by atoms with van der Waals surface area (Å²) in [7, 11) is 2.98. The number of carbonyl (C=O) groups is 1. The van der Waals surface area contributed by atoms with Gasteiger partial charge in [-0.15, -0.1) is 0 Å². The van der Waals surface area contributed by atoms with Gasteiger partial charge < -0.3 is 14.6 Å². The van der Waals surface area contributed by atoms with Crippen molar-refractivity contribution in [1.82, 2.24) is 5.43 Å². The normalized spacial score (nSPS) is 11.1. The average molecular weight is 328 g/mol. The summed E-state index contributed by atoms with van der Waals surface area (Å²) in [6.45, 7) is 3.61. The van der Waals surface area contributed by atoms with Gasteiger partial charge in [-0.3, -0.25) is 4.79 Å². The molecule has 0 radical (unpaired) electrons. The van der Waals surface area contributed by atoms with Crippen molar-refractivity contribution < 1.29 is 19.4 Å². The molecular formula is C18H20N2O4. The van der Waals surface area contributed by atoms with E-state index in [1.807, 2.05) is 19.1 Å². The van der Waals surface area contributed by atoms with Crippen molar-refractivity contribution in [3.8, 4) is 17.2 Å². The quantitative estimate of drug-likeness (QED) is 0.653. The van der Waals surface area contributed by atoms with Crippen LogP contribution < -0.4 is 14.9 Å². The second-order valence-corrected chi connectivity index (χ2v) is 5.23. The predicted molar refractivity (Wildman–Crippen MR) is 92.1 cm³/mol. The number of aromatic hydroxyl groups is 1. The van der Waals surface area contributed by atoms with Gasteiger partial charge in [0.05, 0.1) is 25.5 Å². The van der Waals surface area contributed by atoms with Crippen molar-refractivity contribution in [2.75, 3.05) is 14.2 Å². The lowest BCUT2D eigenvalue weighted by atomic mass is 10.1. The van der Waals surface area contributed by atoms with Gasteiger partial charge in [0.1, 0.15) is 17.2 Å². The number of ether oxygens (including phenoxy) is 2. The minimum Gasteiger partial charge on any atom is -0.507 e. The molecule has 0 aliphatic carbocycles. The van der Waals surface area contributed by atoms with E-state index in [1.165, 1.54) is 20.3 Å².